The van der Waals surface area contributed by atoms with Crippen molar-refractivity contribution in [3.63, 3.8) is 0 Å². The van der Waals surface area contributed by atoms with Gasteiger partial charge in [-0.15, -0.1) is 10.2 Å². The van der Waals surface area contributed by atoms with Gasteiger partial charge in [0.15, 0.2) is 11.4 Å². The van der Waals surface area contributed by atoms with Gasteiger partial charge in [-0.3, -0.25) is 0 Å². The molecule has 1 heterocycles. The Morgan fingerprint density at radius 3 is 2.18 bits per heavy atom. The van der Waals surface area contributed by atoms with E-state index in [4.69, 9.17) is 0 Å². The van der Waals surface area contributed by atoms with Gasteiger partial charge >= 0.3 is 11.9 Å². The van der Waals surface area contributed by atoms with Crippen LogP contribution in [0, 0.1) is 0 Å². The zero-order chi connectivity index (χ0) is 15.7. The summed E-state index contributed by atoms with van der Waals surface area (Å²) < 4.78 is 0. The van der Waals surface area contributed by atoms with Crippen LogP contribution in [-0.4, -0.2) is 22.2 Å². The summed E-state index contributed by atoms with van der Waals surface area (Å²) in [5, 5.41) is 26.4. The van der Waals surface area contributed by atoms with Crippen molar-refractivity contribution >= 4 is 23.3 Å². The lowest BCUT2D eigenvalue weighted by molar-refractivity contribution is -0.187. The predicted molar refractivity (Wildman–Crippen MR) is 71.2 cm³/mol. The summed E-state index contributed by atoms with van der Waals surface area (Å²) in [6.07, 6.45) is 0. The summed E-state index contributed by atoms with van der Waals surface area (Å²) in [7, 11) is 0. The Morgan fingerprint density at radius 2 is 1.55 bits per heavy atom. The lowest BCUT2D eigenvalue weighted by Crippen LogP contribution is -2.12. The fourth-order valence-corrected chi connectivity index (χ4v) is 1.78. The normalized spacial score (nSPS) is 11.3. The van der Waals surface area contributed by atoms with Crippen molar-refractivity contribution < 1.29 is 29.6 Å². The molecule has 0 unspecified atom stereocenters. The molecule has 0 amide bonds. The quantitative estimate of drug-likeness (QED) is 0.555. The molecule has 0 aliphatic carbocycles. The zero-order valence-corrected chi connectivity index (χ0v) is 10.9. The molecule has 0 atom stereocenters. The van der Waals surface area contributed by atoms with Crippen molar-refractivity contribution in [2.24, 2.45) is 10.2 Å². The van der Waals surface area contributed by atoms with Crippen LogP contribution < -0.4 is 0 Å². The van der Waals surface area contributed by atoms with Crippen LogP contribution in [0.5, 0.6) is 11.5 Å². The number of hydrogen-bond donors (Lipinski definition) is 2. The summed E-state index contributed by atoms with van der Waals surface area (Å²) in [6, 6.07) is 8.34. The molecule has 22 heavy (non-hydrogen) atoms. The predicted octanol–water partition coefficient (Wildman–Crippen LogP) is 2.76. The summed E-state index contributed by atoms with van der Waals surface area (Å²) in [5.74, 6) is -2.84. The average molecular weight is 300 g/mol. The van der Waals surface area contributed by atoms with Gasteiger partial charge in [0.25, 0.3) is 0 Å². The fraction of sp³-hybridized carbons (Fsp3) is 0. The minimum Gasteiger partial charge on any atom is -0.507 e. The van der Waals surface area contributed by atoms with Crippen LogP contribution in [0.15, 0.2) is 46.6 Å². The second-order valence-electron chi connectivity index (χ2n) is 4.29. The van der Waals surface area contributed by atoms with Crippen molar-refractivity contribution in [2.75, 3.05) is 0 Å². The van der Waals surface area contributed by atoms with Crippen molar-refractivity contribution in [3.05, 3.63) is 47.5 Å². The number of phenols is 2. The van der Waals surface area contributed by atoms with Crippen LogP contribution in [0.2, 0.25) is 0 Å². The van der Waals surface area contributed by atoms with E-state index in [0.717, 1.165) is 0 Å². The number of benzene rings is 2. The summed E-state index contributed by atoms with van der Waals surface area (Å²) in [6.45, 7) is 0. The molecular formula is C14H8N2O6. The lowest BCUT2D eigenvalue weighted by Gasteiger charge is -2.11. The van der Waals surface area contributed by atoms with E-state index >= 15 is 0 Å². The number of aromatic hydroxyl groups is 2. The van der Waals surface area contributed by atoms with Crippen LogP contribution in [0.1, 0.15) is 20.7 Å². The standard InChI is InChI=1S/C14H8N2O6/c17-10-4-2-1-3-7(10)13(19)21-22-14(20)8-5-6-9-11(12(8)18)16-15-9/h1-6,17-18H. The molecule has 3 rings (SSSR count). The van der Waals surface area contributed by atoms with Gasteiger partial charge in [-0.25, -0.2) is 19.4 Å². The molecule has 110 valence electrons. The Bertz CT molecular complexity index is 815. The van der Waals surface area contributed by atoms with E-state index in [-0.39, 0.29) is 22.6 Å². The van der Waals surface area contributed by atoms with Crippen molar-refractivity contribution in [2.45, 2.75) is 0 Å². The van der Waals surface area contributed by atoms with Gasteiger partial charge < -0.3 is 10.2 Å². The highest BCUT2D eigenvalue weighted by atomic mass is 17.2. The number of para-hydroxylation sites is 1. The first kappa shape index (κ1) is 13.6. The Morgan fingerprint density at radius 1 is 0.864 bits per heavy atom. The van der Waals surface area contributed by atoms with Gasteiger partial charge in [-0.1, -0.05) is 12.1 Å². The zero-order valence-electron chi connectivity index (χ0n) is 10.9. The molecule has 0 saturated heterocycles. The fourth-order valence-electron chi connectivity index (χ4n) is 1.78. The first-order valence-electron chi connectivity index (χ1n) is 6.07. The highest BCUT2D eigenvalue weighted by Crippen LogP contribution is 2.46. The minimum atomic E-state index is -1.08. The first-order chi connectivity index (χ1) is 10.6. The molecule has 0 saturated carbocycles. The maximum Gasteiger partial charge on any atom is 0.390 e. The maximum absolute atomic E-state index is 11.8. The third-order valence-electron chi connectivity index (χ3n) is 2.92. The number of nitrogens with zero attached hydrogens (tertiary/aromatic N) is 2. The van der Waals surface area contributed by atoms with Gasteiger partial charge in [0.05, 0.1) is 0 Å². The van der Waals surface area contributed by atoms with Gasteiger partial charge in [-0.05, 0) is 24.3 Å². The number of carbonyl (C=O) groups is 2. The van der Waals surface area contributed by atoms with Crippen molar-refractivity contribution in [3.8, 4) is 11.5 Å². The molecule has 0 aromatic heterocycles. The molecule has 1 aliphatic heterocycles. The number of hydrogen-bond acceptors (Lipinski definition) is 8. The molecule has 2 aromatic rings. The highest BCUT2D eigenvalue weighted by Gasteiger charge is 2.24. The smallest absolute Gasteiger partial charge is 0.390 e. The Kier molecular flexibility index (Phi) is 3.18. The van der Waals surface area contributed by atoms with E-state index in [1.807, 2.05) is 0 Å². The van der Waals surface area contributed by atoms with E-state index in [1.54, 1.807) is 0 Å². The molecular weight excluding hydrogens is 292 g/mol. The molecule has 0 bridgehead atoms. The van der Waals surface area contributed by atoms with Crippen LogP contribution in [0.4, 0.5) is 11.4 Å². The van der Waals surface area contributed by atoms with Gasteiger partial charge in [0, 0.05) is 0 Å². The van der Waals surface area contributed by atoms with Crippen LogP contribution in [0.3, 0.4) is 0 Å². The van der Waals surface area contributed by atoms with Crippen LogP contribution >= 0.6 is 0 Å². The molecule has 0 spiro atoms. The molecule has 2 aromatic carbocycles. The highest BCUT2D eigenvalue weighted by molar-refractivity contribution is 5.97. The molecule has 2 N–H and O–H groups in total. The second-order valence-corrected chi connectivity index (χ2v) is 4.29. The van der Waals surface area contributed by atoms with Crippen molar-refractivity contribution in [1.82, 2.24) is 0 Å². The minimum absolute atomic E-state index is 0.162. The lowest BCUT2D eigenvalue weighted by atomic mass is 10.1. The number of azo groups is 1. The monoisotopic (exact) mass is 300 g/mol. The third kappa shape index (κ3) is 2.22. The molecule has 0 fully saturated rings. The summed E-state index contributed by atoms with van der Waals surface area (Å²) >= 11 is 0. The van der Waals surface area contributed by atoms with Crippen LogP contribution in [-0.2, 0) is 9.78 Å². The van der Waals surface area contributed by atoms with Crippen LogP contribution in [0.25, 0.3) is 0 Å². The SMILES string of the molecule is O=C(OOC(=O)c1ccc2c(c1O)N=N2)c1ccccc1O. The van der Waals surface area contributed by atoms with E-state index in [1.165, 1.54) is 36.4 Å². The largest absolute Gasteiger partial charge is 0.507 e. The first-order valence-corrected chi connectivity index (χ1v) is 6.07. The summed E-state index contributed by atoms with van der Waals surface area (Å²) in [4.78, 5) is 32.2. The Hall–Kier alpha value is -3.42. The van der Waals surface area contributed by atoms with E-state index in [9.17, 15) is 19.8 Å². The van der Waals surface area contributed by atoms with Gasteiger partial charge in [-0.2, -0.15) is 0 Å². The topological polar surface area (TPSA) is 118 Å². The number of phenolic OH excluding ortho intramolecular Hbond substituents is 2. The Labute approximate surface area is 123 Å². The van der Waals surface area contributed by atoms with Gasteiger partial charge in [0.1, 0.15) is 22.6 Å². The van der Waals surface area contributed by atoms with E-state index < -0.39 is 17.7 Å². The number of carbonyl (C=O) groups excluding carboxylic acids is 2. The number of fused-ring (bicyclic) bond motifs is 1. The third-order valence-corrected chi connectivity index (χ3v) is 2.92. The molecule has 8 nitrogen and oxygen atoms in total. The maximum atomic E-state index is 11.8. The van der Waals surface area contributed by atoms with Gasteiger partial charge in [0.2, 0.25) is 0 Å². The van der Waals surface area contributed by atoms with Crippen molar-refractivity contribution in [1.29, 1.82) is 0 Å². The molecule has 8 heteroatoms. The van der Waals surface area contributed by atoms with E-state index in [0.29, 0.717) is 5.69 Å². The summed E-state index contributed by atoms with van der Waals surface area (Å²) in [5.41, 5.74) is 0.231. The molecule has 0 radical (unpaired) electrons. The van der Waals surface area contributed by atoms with E-state index in [2.05, 4.69) is 20.0 Å². The average Bonchev–Trinajstić information content (AvgIpc) is 2.47. The number of rotatable bonds is 2. The Balaban J connectivity index is 1.70. The molecule has 1 aliphatic rings. The second kappa shape index (κ2) is 5.17.